The first-order valence-electron chi connectivity index (χ1n) is 5.13. The molecule has 0 unspecified atom stereocenters. The number of hydrogen-bond acceptors (Lipinski definition) is 4. The van der Waals surface area contributed by atoms with E-state index in [0.717, 1.165) is 17.9 Å². The first kappa shape index (κ1) is 10.7. The van der Waals surface area contributed by atoms with E-state index in [1.165, 1.54) is 5.56 Å². The molecule has 0 saturated heterocycles. The zero-order valence-corrected chi connectivity index (χ0v) is 9.14. The van der Waals surface area contributed by atoms with Gasteiger partial charge in [-0.15, -0.1) is 0 Å². The largest absolute Gasteiger partial charge is 0.489 e. The molecule has 1 aromatic carbocycles. The summed E-state index contributed by atoms with van der Waals surface area (Å²) in [7, 11) is 1.92. The predicted octanol–water partition coefficient (Wildman–Crippen LogP) is 1.97. The summed E-state index contributed by atoms with van der Waals surface area (Å²) in [5.41, 5.74) is 2.13. The molecule has 1 N–H and O–H groups in total. The van der Waals surface area contributed by atoms with Crippen molar-refractivity contribution in [1.29, 1.82) is 0 Å². The molecule has 2 aromatic rings. The summed E-state index contributed by atoms with van der Waals surface area (Å²) in [4.78, 5) is 0. The molecule has 1 aromatic heterocycles. The maximum atomic E-state index is 5.61. The molecule has 0 atom stereocenters. The fourth-order valence-corrected chi connectivity index (χ4v) is 1.41. The molecule has 16 heavy (non-hydrogen) atoms. The number of nitrogens with zero attached hydrogens (tertiary/aromatic N) is 1. The van der Waals surface area contributed by atoms with Crippen molar-refractivity contribution in [1.82, 2.24) is 10.5 Å². The number of ether oxygens (including phenoxy) is 1. The summed E-state index contributed by atoms with van der Waals surface area (Å²) in [5.74, 6) is 0.856. The van der Waals surface area contributed by atoms with Crippen LogP contribution in [0.2, 0.25) is 0 Å². The molecule has 0 bridgehead atoms. The summed E-state index contributed by atoms with van der Waals surface area (Å²) in [6.07, 6.45) is 3.23. The lowest BCUT2D eigenvalue weighted by molar-refractivity contribution is 0.304. The number of hydrogen-bond donors (Lipinski definition) is 1. The summed E-state index contributed by atoms with van der Waals surface area (Å²) < 4.78 is 10.3. The molecular weight excluding hydrogens is 204 g/mol. The van der Waals surface area contributed by atoms with Crippen LogP contribution in [0, 0.1) is 0 Å². The van der Waals surface area contributed by atoms with Crippen LogP contribution in [-0.2, 0) is 13.2 Å². The van der Waals surface area contributed by atoms with Gasteiger partial charge in [0.1, 0.15) is 18.6 Å². The highest BCUT2D eigenvalue weighted by molar-refractivity contribution is 5.28. The molecule has 0 fully saturated rings. The third-order valence-electron chi connectivity index (χ3n) is 2.17. The topological polar surface area (TPSA) is 47.3 Å². The molecule has 84 valence electrons. The van der Waals surface area contributed by atoms with E-state index < -0.39 is 0 Å². The van der Waals surface area contributed by atoms with Gasteiger partial charge in [-0.2, -0.15) is 0 Å². The standard InChI is InChI=1S/C12H14N2O2/c1-13-6-10-3-2-4-12(5-10)15-8-11-7-14-16-9-11/h2-5,7,9,13H,6,8H2,1H3. The Kier molecular flexibility index (Phi) is 3.56. The van der Waals surface area contributed by atoms with Crippen LogP contribution in [0.15, 0.2) is 41.2 Å². The summed E-state index contributed by atoms with van der Waals surface area (Å²) in [6, 6.07) is 8.00. The van der Waals surface area contributed by atoms with E-state index in [-0.39, 0.29) is 0 Å². The van der Waals surface area contributed by atoms with Gasteiger partial charge in [0.05, 0.1) is 6.20 Å². The van der Waals surface area contributed by atoms with E-state index in [1.54, 1.807) is 12.5 Å². The van der Waals surface area contributed by atoms with Crippen molar-refractivity contribution in [2.45, 2.75) is 13.2 Å². The maximum Gasteiger partial charge on any atom is 0.130 e. The highest BCUT2D eigenvalue weighted by Crippen LogP contribution is 2.14. The van der Waals surface area contributed by atoms with E-state index >= 15 is 0 Å². The van der Waals surface area contributed by atoms with Gasteiger partial charge in [0.15, 0.2) is 0 Å². The predicted molar refractivity (Wildman–Crippen MR) is 60.0 cm³/mol. The molecule has 4 nitrogen and oxygen atoms in total. The molecule has 1 heterocycles. The molecular formula is C12H14N2O2. The highest BCUT2D eigenvalue weighted by atomic mass is 16.5. The third-order valence-corrected chi connectivity index (χ3v) is 2.17. The van der Waals surface area contributed by atoms with Gasteiger partial charge in [-0.25, -0.2) is 0 Å². The number of nitrogens with one attached hydrogen (secondary N) is 1. The van der Waals surface area contributed by atoms with Crippen LogP contribution in [0.4, 0.5) is 0 Å². The van der Waals surface area contributed by atoms with Gasteiger partial charge in [-0.3, -0.25) is 0 Å². The second kappa shape index (κ2) is 5.32. The number of benzene rings is 1. The average Bonchev–Trinajstić information content (AvgIpc) is 2.80. The van der Waals surface area contributed by atoms with Crippen molar-refractivity contribution in [3.63, 3.8) is 0 Å². The van der Waals surface area contributed by atoms with Crippen molar-refractivity contribution in [2.75, 3.05) is 7.05 Å². The molecule has 0 radical (unpaired) electrons. The SMILES string of the molecule is CNCc1cccc(OCc2cnoc2)c1. The second-order valence-electron chi connectivity index (χ2n) is 3.50. The lowest BCUT2D eigenvalue weighted by Gasteiger charge is -2.06. The third kappa shape index (κ3) is 2.84. The number of rotatable bonds is 5. The van der Waals surface area contributed by atoms with E-state index in [4.69, 9.17) is 9.26 Å². The minimum Gasteiger partial charge on any atom is -0.489 e. The van der Waals surface area contributed by atoms with E-state index in [0.29, 0.717) is 6.61 Å². The van der Waals surface area contributed by atoms with Crippen LogP contribution in [0.1, 0.15) is 11.1 Å². The zero-order valence-electron chi connectivity index (χ0n) is 9.14. The Hall–Kier alpha value is -1.81. The molecule has 0 aliphatic rings. The first-order chi connectivity index (χ1) is 7.88. The van der Waals surface area contributed by atoms with Crippen molar-refractivity contribution in [3.8, 4) is 5.75 Å². The molecule has 4 heteroatoms. The van der Waals surface area contributed by atoms with Crippen LogP contribution >= 0.6 is 0 Å². The van der Waals surface area contributed by atoms with Crippen molar-refractivity contribution < 1.29 is 9.26 Å². The van der Waals surface area contributed by atoms with Gasteiger partial charge in [0.25, 0.3) is 0 Å². The van der Waals surface area contributed by atoms with Gasteiger partial charge in [-0.1, -0.05) is 17.3 Å². The fourth-order valence-electron chi connectivity index (χ4n) is 1.41. The maximum absolute atomic E-state index is 5.61. The summed E-state index contributed by atoms with van der Waals surface area (Å²) in [6.45, 7) is 1.32. The van der Waals surface area contributed by atoms with E-state index in [1.807, 2.05) is 25.2 Å². The first-order valence-corrected chi connectivity index (χ1v) is 5.13. The van der Waals surface area contributed by atoms with Gasteiger partial charge in [-0.05, 0) is 24.7 Å². The second-order valence-corrected chi connectivity index (χ2v) is 3.50. The molecule has 0 aliphatic heterocycles. The Morgan fingerprint density at radius 3 is 3.06 bits per heavy atom. The smallest absolute Gasteiger partial charge is 0.130 e. The van der Waals surface area contributed by atoms with Crippen LogP contribution in [-0.4, -0.2) is 12.2 Å². The van der Waals surface area contributed by atoms with E-state index in [2.05, 4.69) is 16.5 Å². The molecule has 2 rings (SSSR count). The van der Waals surface area contributed by atoms with E-state index in [9.17, 15) is 0 Å². The normalized spacial score (nSPS) is 10.3. The van der Waals surface area contributed by atoms with Crippen LogP contribution in [0.25, 0.3) is 0 Å². The summed E-state index contributed by atoms with van der Waals surface area (Å²) >= 11 is 0. The monoisotopic (exact) mass is 218 g/mol. The highest BCUT2D eigenvalue weighted by Gasteiger charge is 1.99. The lowest BCUT2D eigenvalue weighted by Crippen LogP contribution is -2.05. The van der Waals surface area contributed by atoms with Gasteiger partial charge >= 0.3 is 0 Å². The van der Waals surface area contributed by atoms with Crippen LogP contribution in [0.3, 0.4) is 0 Å². The van der Waals surface area contributed by atoms with Gasteiger partial charge in [0, 0.05) is 12.1 Å². The Bertz CT molecular complexity index is 426. The molecule has 0 saturated carbocycles. The van der Waals surface area contributed by atoms with Crippen LogP contribution < -0.4 is 10.1 Å². The lowest BCUT2D eigenvalue weighted by atomic mass is 10.2. The minimum atomic E-state index is 0.479. The van der Waals surface area contributed by atoms with Gasteiger partial charge < -0.3 is 14.6 Å². The fraction of sp³-hybridized carbons (Fsp3) is 0.250. The quantitative estimate of drug-likeness (QED) is 0.833. The Balaban J connectivity index is 1.96. The Labute approximate surface area is 94.2 Å². The molecule has 0 aliphatic carbocycles. The van der Waals surface area contributed by atoms with Crippen molar-refractivity contribution >= 4 is 0 Å². The Morgan fingerprint density at radius 1 is 1.38 bits per heavy atom. The average molecular weight is 218 g/mol. The number of aromatic nitrogens is 1. The molecule has 0 amide bonds. The Morgan fingerprint density at radius 2 is 2.31 bits per heavy atom. The summed E-state index contributed by atoms with van der Waals surface area (Å²) in [5, 5.41) is 6.72. The van der Waals surface area contributed by atoms with Gasteiger partial charge in [0.2, 0.25) is 0 Å². The van der Waals surface area contributed by atoms with Crippen LogP contribution in [0.5, 0.6) is 5.75 Å². The molecule has 0 spiro atoms. The zero-order chi connectivity index (χ0) is 11.2. The van der Waals surface area contributed by atoms with Crippen molar-refractivity contribution in [3.05, 3.63) is 47.9 Å². The minimum absolute atomic E-state index is 0.479. The van der Waals surface area contributed by atoms with Crippen molar-refractivity contribution in [2.24, 2.45) is 0 Å².